The molecule has 19 heteroatoms. The molecule has 15 nitrogen and oxygen atoms in total. The molecule has 4 amide bonds. The van der Waals surface area contributed by atoms with Crippen LogP contribution in [0.2, 0.25) is 0 Å². The molecule has 3 N–H and O–H groups in total. The van der Waals surface area contributed by atoms with Crippen molar-refractivity contribution in [2.75, 3.05) is 6.54 Å². The van der Waals surface area contributed by atoms with Crippen LogP contribution in [0.3, 0.4) is 0 Å². The zero-order chi connectivity index (χ0) is 44.2. The minimum atomic E-state index is -4.57. The van der Waals surface area contributed by atoms with E-state index in [9.17, 15) is 40.8 Å². The number of para-hydroxylation sites is 1. The number of alkyl halides is 3. The van der Waals surface area contributed by atoms with Crippen LogP contribution in [-0.2, 0) is 35.3 Å². The summed E-state index contributed by atoms with van der Waals surface area (Å²) in [6.45, 7) is 4.85. The Hall–Kier alpha value is -5.72. The van der Waals surface area contributed by atoms with Gasteiger partial charge in [-0.2, -0.15) is 18.2 Å². The fourth-order valence-electron chi connectivity index (χ4n) is 8.04. The van der Waals surface area contributed by atoms with E-state index in [0.717, 1.165) is 18.6 Å². The van der Waals surface area contributed by atoms with Crippen LogP contribution in [0.5, 0.6) is 5.88 Å². The Bertz CT molecular complexity index is 2550. The number of halogens is 3. The molecular weight excluding hydrogens is 834 g/mol. The van der Waals surface area contributed by atoms with Gasteiger partial charge in [-0.05, 0) is 83.6 Å². The van der Waals surface area contributed by atoms with E-state index < -0.39 is 86.1 Å². The highest BCUT2D eigenvalue weighted by molar-refractivity contribution is 7.91. The number of allylic oxidation sites excluding steroid dienone is 1. The Morgan fingerprint density at radius 2 is 1.73 bits per heavy atom. The van der Waals surface area contributed by atoms with E-state index in [-0.39, 0.29) is 48.7 Å². The van der Waals surface area contributed by atoms with Crippen molar-refractivity contribution >= 4 is 55.9 Å². The molecule has 2 aromatic carbocycles. The number of carbonyl (C=O) groups is 4. The Balaban J connectivity index is 1.15. The van der Waals surface area contributed by atoms with Gasteiger partial charge in [-0.25, -0.2) is 18.2 Å². The third kappa shape index (κ3) is 9.08. The average Bonchev–Trinajstić information content (AvgIpc) is 4.10. The molecule has 2 saturated carbocycles. The number of alkyl carbamates (subject to hydrolysis) is 1. The lowest BCUT2D eigenvalue weighted by molar-refractivity contribution is -0.141. The minimum absolute atomic E-state index is 0.0259. The van der Waals surface area contributed by atoms with Crippen molar-refractivity contribution in [1.82, 2.24) is 30.2 Å². The summed E-state index contributed by atoms with van der Waals surface area (Å²) >= 11 is 0. The first-order valence-corrected chi connectivity index (χ1v) is 22.2. The maximum Gasteiger partial charge on any atom is 0.416 e. The second kappa shape index (κ2) is 16.2. The Morgan fingerprint density at radius 1 is 0.984 bits per heavy atom. The number of aromatic nitrogens is 2. The number of hydrogen-bond acceptors (Lipinski definition) is 11. The lowest BCUT2D eigenvalue weighted by Crippen LogP contribution is -2.58. The molecule has 4 aliphatic rings. The zero-order valence-electron chi connectivity index (χ0n) is 34.3. The summed E-state index contributed by atoms with van der Waals surface area (Å²) in [5, 5.41) is 5.40. The smallest absolute Gasteiger partial charge is 0.416 e. The van der Waals surface area contributed by atoms with Gasteiger partial charge in [0.25, 0.3) is 11.8 Å². The fraction of sp³-hybridized carbons (Fsp3) is 0.488. The SMILES string of the molecule is CC(C)(C)OC(=O)N[C@H]1CCCCC/C=C\[C@H]2C[C@@]2(C(=O)NS(=O)(=O)C2CC2)NC(=O)[C@@H]2C[C@@H](Oc3nc(-c4ccc(C(F)(F)F)cc4)nc4c3oc3ccccc34)CN2C1=O. The van der Waals surface area contributed by atoms with Gasteiger partial charge in [0.1, 0.15) is 40.4 Å². The minimum Gasteiger partial charge on any atom is -0.470 e. The molecule has 330 valence electrons. The van der Waals surface area contributed by atoms with E-state index in [0.29, 0.717) is 48.6 Å². The Kier molecular flexibility index (Phi) is 11.2. The van der Waals surface area contributed by atoms with Crippen LogP contribution in [0.4, 0.5) is 18.0 Å². The number of sulfonamides is 1. The summed E-state index contributed by atoms with van der Waals surface area (Å²) in [5.41, 5.74) is -2.24. The molecule has 0 radical (unpaired) electrons. The van der Waals surface area contributed by atoms with Crippen molar-refractivity contribution in [3.8, 4) is 17.3 Å². The fourth-order valence-corrected chi connectivity index (χ4v) is 9.40. The highest BCUT2D eigenvalue weighted by Gasteiger charge is 2.62. The summed E-state index contributed by atoms with van der Waals surface area (Å²) in [7, 11) is -3.97. The highest BCUT2D eigenvalue weighted by atomic mass is 32.2. The van der Waals surface area contributed by atoms with Crippen LogP contribution in [0.1, 0.15) is 84.1 Å². The first kappa shape index (κ1) is 42.9. The van der Waals surface area contributed by atoms with Gasteiger partial charge < -0.3 is 29.4 Å². The largest absolute Gasteiger partial charge is 0.470 e. The molecule has 3 fully saturated rings. The van der Waals surface area contributed by atoms with Crippen LogP contribution < -0.4 is 20.1 Å². The number of nitrogens with one attached hydrogen (secondary N) is 3. The van der Waals surface area contributed by atoms with Gasteiger partial charge in [0.15, 0.2) is 5.82 Å². The van der Waals surface area contributed by atoms with Gasteiger partial charge in [-0.15, -0.1) is 0 Å². The van der Waals surface area contributed by atoms with E-state index in [1.165, 1.54) is 17.0 Å². The molecule has 1 saturated heterocycles. The monoisotopic (exact) mass is 880 g/mol. The Morgan fingerprint density at radius 3 is 2.44 bits per heavy atom. The van der Waals surface area contributed by atoms with Crippen molar-refractivity contribution < 1.29 is 54.7 Å². The van der Waals surface area contributed by atoms with E-state index in [1.54, 1.807) is 45.0 Å². The second-order valence-electron chi connectivity index (χ2n) is 17.4. The van der Waals surface area contributed by atoms with Crippen molar-refractivity contribution in [1.29, 1.82) is 0 Å². The molecule has 4 heterocycles. The van der Waals surface area contributed by atoms with Crippen LogP contribution in [0.15, 0.2) is 65.1 Å². The van der Waals surface area contributed by atoms with E-state index in [4.69, 9.17) is 13.9 Å². The summed E-state index contributed by atoms with van der Waals surface area (Å²) in [6.07, 6.45) is 0.971. The number of furan rings is 1. The molecule has 0 spiro atoms. The van der Waals surface area contributed by atoms with Gasteiger partial charge in [0.05, 0.1) is 17.4 Å². The third-order valence-corrected chi connectivity index (χ3v) is 13.3. The second-order valence-corrected chi connectivity index (χ2v) is 19.4. The number of fused-ring (bicyclic) bond motifs is 5. The summed E-state index contributed by atoms with van der Waals surface area (Å²) in [5.74, 6) is -2.81. The number of rotatable bonds is 7. The molecule has 2 aliphatic carbocycles. The van der Waals surface area contributed by atoms with Crippen LogP contribution in [-0.4, -0.2) is 88.2 Å². The molecule has 0 unspecified atom stereocenters. The number of nitrogens with zero attached hydrogens (tertiary/aromatic N) is 3. The first-order valence-electron chi connectivity index (χ1n) is 20.7. The van der Waals surface area contributed by atoms with Crippen molar-refractivity contribution in [2.45, 2.75) is 119 Å². The van der Waals surface area contributed by atoms with Gasteiger partial charge >= 0.3 is 12.3 Å². The molecule has 4 aromatic rings. The molecule has 2 aromatic heterocycles. The maximum atomic E-state index is 14.7. The number of ether oxygens (including phenoxy) is 2. The van der Waals surface area contributed by atoms with Gasteiger partial charge in [0.2, 0.25) is 27.4 Å². The number of carbonyl (C=O) groups excluding carboxylic acids is 4. The van der Waals surface area contributed by atoms with Crippen LogP contribution >= 0.6 is 0 Å². The predicted octanol–water partition coefficient (Wildman–Crippen LogP) is 6.31. The van der Waals surface area contributed by atoms with E-state index in [1.807, 2.05) is 12.2 Å². The van der Waals surface area contributed by atoms with Gasteiger partial charge in [-0.1, -0.05) is 49.3 Å². The molecule has 62 heavy (non-hydrogen) atoms. The van der Waals surface area contributed by atoms with Crippen LogP contribution in [0.25, 0.3) is 33.5 Å². The lowest BCUT2D eigenvalue weighted by Gasteiger charge is -2.30. The first-order chi connectivity index (χ1) is 29.3. The molecular formula is C43H47F3N6O9S. The maximum absolute atomic E-state index is 14.7. The van der Waals surface area contributed by atoms with Crippen molar-refractivity contribution in [2.24, 2.45) is 5.92 Å². The zero-order valence-corrected chi connectivity index (χ0v) is 35.1. The van der Waals surface area contributed by atoms with Gasteiger partial charge in [-0.3, -0.25) is 19.1 Å². The quantitative estimate of drug-likeness (QED) is 0.176. The Labute approximate surface area is 355 Å². The summed E-state index contributed by atoms with van der Waals surface area (Å²) < 4.78 is 86.6. The average molecular weight is 881 g/mol. The molecule has 2 aliphatic heterocycles. The van der Waals surface area contributed by atoms with Crippen molar-refractivity contribution in [3.05, 3.63) is 66.2 Å². The molecule has 5 atom stereocenters. The molecule has 8 rings (SSSR count). The van der Waals surface area contributed by atoms with E-state index in [2.05, 4.69) is 25.3 Å². The lowest BCUT2D eigenvalue weighted by atomic mass is 10.0. The summed E-state index contributed by atoms with van der Waals surface area (Å²) in [6, 6.07) is 8.88. The third-order valence-electron chi connectivity index (χ3n) is 11.5. The van der Waals surface area contributed by atoms with Crippen LogP contribution in [0, 0.1) is 5.92 Å². The number of benzene rings is 2. The predicted molar refractivity (Wildman–Crippen MR) is 219 cm³/mol. The normalized spacial score (nSPS) is 25.5. The van der Waals surface area contributed by atoms with E-state index >= 15 is 0 Å². The standard InChI is InChI=1S/C43H47F3N6O9S/c1-41(2,3)61-40(56)47-30-13-8-6-4-5-7-11-26-22-42(26,39(55)51-62(57,58)28-19-20-28)50-36(53)31-21-27(23-52(31)38(30)54)59-37-34-33(29-12-9-10-14-32(29)60-34)48-35(49-37)24-15-17-25(18-16-24)43(44,45)46/h7,9-12,14-18,26-28,30-31H,4-6,8,13,19-23H2,1-3H3,(H,47,56)(H,50,53)(H,51,55)/b11-7-/t26-,27+,30-,31-,42+/m0/s1. The number of hydrogen-bond donors (Lipinski definition) is 3. The summed E-state index contributed by atoms with van der Waals surface area (Å²) in [4.78, 5) is 66.7. The van der Waals surface area contributed by atoms with Crippen molar-refractivity contribution in [3.63, 3.8) is 0 Å². The van der Waals surface area contributed by atoms with Gasteiger partial charge in [0, 0.05) is 23.3 Å². The number of amides is 4. The molecule has 0 bridgehead atoms. The topological polar surface area (TPSA) is 199 Å². The highest BCUT2D eigenvalue weighted by Crippen LogP contribution is 2.46.